The normalized spacial score (nSPS) is 10.9. The van der Waals surface area contributed by atoms with Crippen LogP contribution in [0.3, 0.4) is 0 Å². The van der Waals surface area contributed by atoms with Crippen molar-refractivity contribution in [2.45, 2.75) is 0 Å². The molecule has 0 amide bonds. The largest absolute Gasteiger partial charge is 0.508 e. The first-order chi connectivity index (χ1) is 11.4. The number of hydrogen-bond donors (Lipinski definition) is 1. The molecule has 0 fully saturated rings. The maximum atomic E-state index is 14.3. The number of hydrogen-bond acceptors (Lipinski definition) is 1. The molecule has 3 aromatic carbocycles. The van der Waals surface area contributed by atoms with Crippen LogP contribution in [-0.4, -0.2) is 5.11 Å². The number of phenolic OH excluding ortho intramolecular Hbond substituents is 1. The van der Waals surface area contributed by atoms with Crippen molar-refractivity contribution in [2.75, 3.05) is 0 Å². The highest BCUT2D eigenvalue weighted by Crippen LogP contribution is 2.31. The fourth-order valence-electron chi connectivity index (χ4n) is 2.37. The molecule has 1 nitrogen and oxygen atoms in total. The Labute approximate surface area is 133 Å². The minimum absolute atomic E-state index is 0.0507. The summed E-state index contributed by atoms with van der Waals surface area (Å²) in [5.74, 6) is -6.38. The Morgan fingerprint density at radius 1 is 0.542 bits per heavy atom. The molecule has 0 spiro atoms. The van der Waals surface area contributed by atoms with Crippen LogP contribution in [-0.2, 0) is 0 Å². The summed E-state index contributed by atoms with van der Waals surface area (Å²) < 4.78 is 67.7. The predicted molar refractivity (Wildman–Crippen MR) is 78.8 cm³/mol. The zero-order chi connectivity index (χ0) is 17.4. The Morgan fingerprint density at radius 3 is 1.62 bits per heavy atom. The quantitative estimate of drug-likeness (QED) is 0.489. The van der Waals surface area contributed by atoms with Gasteiger partial charge in [-0.3, -0.25) is 0 Å². The highest BCUT2D eigenvalue weighted by atomic mass is 19.2. The van der Waals surface area contributed by atoms with Gasteiger partial charge in [0.2, 0.25) is 0 Å². The molecular formula is C18H9F5O. The maximum Gasteiger partial charge on any atom is 0.194 e. The first-order valence-corrected chi connectivity index (χ1v) is 6.80. The minimum Gasteiger partial charge on any atom is -0.508 e. The molecule has 0 radical (unpaired) electrons. The Balaban J connectivity index is 2.08. The molecule has 0 aromatic heterocycles. The van der Waals surface area contributed by atoms with Crippen LogP contribution in [0, 0.1) is 29.1 Å². The van der Waals surface area contributed by atoms with Crippen molar-refractivity contribution in [1.29, 1.82) is 0 Å². The van der Waals surface area contributed by atoms with Gasteiger partial charge < -0.3 is 5.11 Å². The van der Waals surface area contributed by atoms with Gasteiger partial charge in [-0.05, 0) is 41.5 Å². The fraction of sp³-hybridized carbons (Fsp3) is 0. The highest BCUT2D eigenvalue weighted by Gasteiger charge is 2.15. The van der Waals surface area contributed by atoms with Crippen LogP contribution in [0.25, 0.3) is 22.3 Å². The van der Waals surface area contributed by atoms with E-state index >= 15 is 0 Å². The molecular weight excluding hydrogens is 327 g/mol. The molecule has 0 aliphatic heterocycles. The lowest BCUT2D eigenvalue weighted by Crippen LogP contribution is -1.94. The summed E-state index contributed by atoms with van der Waals surface area (Å²) >= 11 is 0. The van der Waals surface area contributed by atoms with E-state index in [1.165, 1.54) is 24.3 Å². The lowest BCUT2D eigenvalue weighted by molar-refractivity contribution is 0.447. The smallest absolute Gasteiger partial charge is 0.194 e. The molecule has 0 saturated heterocycles. The SMILES string of the molecule is Oc1ccc(-c2ccc(-c3cc(F)c(F)c(F)c3)c(F)c2)c(F)c1. The van der Waals surface area contributed by atoms with Crippen molar-refractivity contribution >= 4 is 0 Å². The fourth-order valence-corrected chi connectivity index (χ4v) is 2.37. The number of halogens is 5. The van der Waals surface area contributed by atoms with Crippen LogP contribution < -0.4 is 0 Å². The van der Waals surface area contributed by atoms with Gasteiger partial charge in [-0.2, -0.15) is 0 Å². The van der Waals surface area contributed by atoms with Crippen molar-refractivity contribution in [3.05, 3.63) is 77.6 Å². The third-order valence-corrected chi connectivity index (χ3v) is 3.53. The van der Waals surface area contributed by atoms with Gasteiger partial charge in [-0.15, -0.1) is 0 Å². The number of benzene rings is 3. The molecule has 0 aliphatic carbocycles. The standard InChI is InChI=1S/C18H9F5O/c19-14-5-9(12-4-2-11(24)8-15(12)20)1-3-13(14)10-6-16(21)18(23)17(22)7-10/h1-8,24H. The molecule has 24 heavy (non-hydrogen) atoms. The van der Waals surface area contributed by atoms with E-state index in [1.807, 2.05) is 0 Å². The summed E-state index contributed by atoms with van der Waals surface area (Å²) in [5, 5.41) is 9.19. The average Bonchev–Trinajstić information content (AvgIpc) is 2.52. The zero-order valence-electron chi connectivity index (χ0n) is 12.0. The molecule has 0 heterocycles. The molecule has 0 unspecified atom stereocenters. The van der Waals surface area contributed by atoms with Crippen LogP contribution >= 0.6 is 0 Å². The summed E-state index contributed by atoms with van der Waals surface area (Å²) in [4.78, 5) is 0. The lowest BCUT2D eigenvalue weighted by atomic mass is 9.99. The van der Waals surface area contributed by atoms with Crippen LogP contribution in [0.15, 0.2) is 48.5 Å². The summed E-state index contributed by atoms with van der Waals surface area (Å²) in [6.07, 6.45) is 0. The molecule has 3 rings (SSSR count). The second-order valence-electron chi connectivity index (χ2n) is 5.11. The number of rotatable bonds is 2. The first kappa shape index (κ1) is 16.0. The molecule has 122 valence electrons. The summed E-state index contributed by atoms with van der Waals surface area (Å²) in [5.41, 5.74) is -0.108. The van der Waals surface area contributed by atoms with Gasteiger partial charge >= 0.3 is 0 Å². The Kier molecular flexibility index (Phi) is 3.97. The monoisotopic (exact) mass is 336 g/mol. The van der Waals surface area contributed by atoms with E-state index in [0.717, 1.165) is 12.1 Å². The number of aromatic hydroxyl groups is 1. The lowest BCUT2D eigenvalue weighted by Gasteiger charge is -2.09. The van der Waals surface area contributed by atoms with Crippen molar-refractivity contribution in [3.8, 4) is 28.0 Å². The third kappa shape index (κ3) is 2.82. The molecule has 0 saturated carbocycles. The maximum absolute atomic E-state index is 14.3. The van der Waals surface area contributed by atoms with Gasteiger partial charge in [-0.1, -0.05) is 12.1 Å². The van der Waals surface area contributed by atoms with Gasteiger partial charge in [0.1, 0.15) is 17.4 Å². The van der Waals surface area contributed by atoms with E-state index in [-0.39, 0.29) is 28.0 Å². The molecule has 6 heteroatoms. The number of phenols is 1. The third-order valence-electron chi connectivity index (χ3n) is 3.53. The van der Waals surface area contributed by atoms with Crippen molar-refractivity contribution in [1.82, 2.24) is 0 Å². The van der Waals surface area contributed by atoms with Crippen LogP contribution in [0.2, 0.25) is 0 Å². The second kappa shape index (κ2) is 5.96. The molecule has 0 aliphatic rings. The van der Waals surface area contributed by atoms with Crippen LogP contribution in [0.1, 0.15) is 0 Å². The molecule has 1 N–H and O–H groups in total. The second-order valence-corrected chi connectivity index (χ2v) is 5.11. The summed E-state index contributed by atoms with van der Waals surface area (Å²) in [6, 6.07) is 8.31. The molecule has 0 bridgehead atoms. The van der Waals surface area contributed by atoms with E-state index in [0.29, 0.717) is 12.1 Å². The van der Waals surface area contributed by atoms with Crippen LogP contribution in [0.4, 0.5) is 22.0 Å². The molecule has 0 atom stereocenters. The van der Waals surface area contributed by atoms with Gasteiger partial charge in [0.05, 0.1) is 0 Å². The van der Waals surface area contributed by atoms with E-state index in [4.69, 9.17) is 0 Å². The average molecular weight is 336 g/mol. The predicted octanol–water partition coefficient (Wildman–Crippen LogP) is 5.42. The highest BCUT2D eigenvalue weighted by molar-refractivity contribution is 5.71. The van der Waals surface area contributed by atoms with Gasteiger partial charge in [0.25, 0.3) is 0 Å². The Morgan fingerprint density at radius 2 is 1.04 bits per heavy atom. The van der Waals surface area contributed by atoms with E-state index < -0.39 is 29.1 Å². The van der Waals surface area contributed by atoms with Crippen molar-refractivity contribution < 1.29 is 27.1 Å². The molecule has 3 aromatic rings. The van der Waals surface area contributed by atoms with Gasteiger partial charge in [0.15, 0.2) is 17.5 Å². The summed E-state index contributed by atoms with van der Waals surface area (Å²) in [7, 11) is 0. The van der Waals surface area contributed by atoms with Crippen molar-refractivity contribution in [2.24, 2.45) is 0 Å². The van der Waals surface area contributed by atoms with E-state index in [9.17, 15) is 27.1 Å². The Bertz CT molecular complexity index is 914. The Hall–Kier alpha value is -2.89. The van der Waals surface area contributed by atoms with Crippen LogP contribution in [0.5, 0.6) is 5.75 Å². The topological polar surface area (TPSA) is 20.2 Å². The van der Waals surface area contributed by atoms with Crippen molar-refractivity contribution in [3.63, 3.8) is 0 Å². The minimum atomic E-state index is -1.64. The van der Waals surface area contributed by atoms with Gasteiger partial charge in [0, 0.05) is 17.2 Å². The first-order valence-electron chi connectivity index (χ1n) is 6.80. The zero-order valence-corrected chi connectivity index (χ0v) is 12.0. The van der Waals surface area contributed by atoms with E-state index in [2.05, 4.69) is 0 Å². The van der Waals surface area contributed by atoms with Gasteiger partial charge in [-0.25, -0.2) is 22.0 Å². The van der Waals surface area contributed by atoms with E-state index in [1.54, 1.807) is 0 Å². The summed E-state index contributed by atoms with van der Waals surface area (Å²) in [6.45, 7) is 0.